The predicted octanol–water partition coefficient (Wildman–Crippen LogP) is 2.43. The van der Waals surface area contributed by atoms with Crippen molar-refractivity contribution >= 4 is 19.7 Å². The van der Waals surface area contributed by atoms with Gasteiger partial charge in [-0.2, -0.15) is 5.26 Å². The number of halogens is 3. The van der Waals surface area contributed by atoms with E-state index in [9.17, 15) is 17.2 Å². The van der Waals surface area contributed by atoms with E-state index in [1.807, 2.05) is 0 Å². The number of nitriles is 1. The van der Waals surface area contributed by atoms with Gasteiger partial charge in [0.25, 0.3) is 15.5 Å². The normalized spacial score (nSPS) is 11.3. The zero-order valence-electron chi connectivity index (χ0n) is 8.45. The maximum absolute atomic E-state index is 12.6. The first-order valence-corrected chi connectivity index (χ1v) is 6.47. The van der Waals surface area contributed by atoms with Crippen molar-refractivity contribution < 1.29 is 21.9 Å². The standard InChI is InChI=1S/C9H6ClF2NO3S/c1-16-7-3-8(17(10,14)15)6(9(11)12)2-5(7)4-13/h2-3,9H,1H3. The van der Waals surface area contributed by atoms with Gasteiger partial charge in [-0.15, -0.1) is 0 Å². The Labute approximate surface area is 101 Å². The summed E-state index contributed by atoms with van der Waals surface area (Å²) in [6, 6.07) is 3.18. The average Bonchev–Trinajstić information content (AvgIpc) is 2.25. The van der Waals surface area contributed by atoms with Crippen LogP contribution in [0.15, 0.2) is 17.0 Å². The summed E-state index contributed by atoms with van der Waals surface area (Å²) < 4.78 is 52.2. The first kappa shape index (κ1) is 13.7. The molecule has 0 aliphatic heterocycles. The molecular formula is C9H6ClF2NO3S. The Morgan fingerprint density at radius 2 is 2.06 bits per heavy atom. The molecule has 8 heteroatoms. The number of benzene rings is 1. The minimum atomic E-state index is -4.33. The molecule has 1 rings (SSSR count). The van der Waals surface area contributed by atoms with Crippen LogP contribution >= 0.6 is 10.7 Å². The quantitative estimate of drug-likeness (QED) is 0.798. The van der Waals surface area contributed by atoms with Gasteiger partial charge in [0.1, 0.15) is 11.8 Å². The second kappa shape index (κ2) is 4.85. The van der Waals surface area contributed by atoms with Crippen LogP contribution in [0, 0.1) is 11.3 Å². The van der Waals surface area contributed by atoms with Crippen molar-refractivity contribution in [2.45, 2.75) is 11.3 Å². The van der Waals surface area contributed by atoms with E-state index < -0.39 is 25.9 Å². The molecule has 0 radical (unpaired) electrons. The second-order valence-corrected chi connectivity index (χ2v) is 5.48. The molecule has 0 heterocycles. The van der Waals surface area contributed by atoms with Gasteiger partial charge in [0.2, 0.25) is 0 Å². The predicted molar refractivity (Wildman–Crippen MR) is 55.7 cm³/mol. The van der Waals surface area contributed by atoms with Gasteiger partial charge >= 0.3 is 0 Å². The highest BCUT2D eigenvalue weighted by molar-refractivity contribution is 8.13. The summed E-state index contributed by atoms with van der Waals surface area (Å²) in [5, 5.41) is 8.69. The Hall–Kier alpha value is -1.39. The monoisotopic (exact) mass is 281 g/mol. The summed E-state index contributed by atoms with van der Waals surface area (Å²) in [4.78, 5) is -0.759. The van der Waals surface area contributed by atoms with Crippen molar-refractivity contribution in [1.29, 1.82) is 5.26 Å². The average molecular weight is 282 g/mol. The minimum absolute atomic E-state index is 0.129. The molecule has 17 heavy (non-hydrogen) atoms. The zero-order chi connectivity index (χ0) is 13.2. The van der Waals surface area contributed by atoms with Crippen LogP contribution in [0.5, 0.6) is 5.75 Å². The molecule has 4 nitrogen and oxygen atoms in total. The van der Waals surface area contributed by atoms with Crippen molar-refractivity contribution in [3.63, 3.8) is 0 Å². The summed E-state index contributed by atoms with van der Waals surface area (Å²) in [5.74, 6) is -0.129. The molecule has 0 fully saturated rings. The van der Waals surface area contributed by atoms with Crippen LogP contribution in [0.4, 0.5) is 8.78 Å². The highest BCUT2D eigenvalue weighted by Crippen LogP contribution is 2.34. The number of methoxy groups -OCH3 is 1. The van der Waals surface area contributed by atoms with Gasteiger partial charge < -0.3 is 4.74 Å². The molecule has 92 valence electrons. The molecule has 1 aromatic carbocycles. The zero-order valence-corrected chi connectivity index (χ0v) is 10.0. The maximum Gasteiger partial charge on any atom is 0.265 e. The van der Waals surface area contributed by atoms with E-state index in [4.69, 9.17) is 20.7 Å². The van der Waals surface area contributed by atoms with Gasteiger partial charge in [-0.05, 0) is 6.07 Å². The molecule has 1 aromatic rings. The second-order valence-electron chi connectivity index (χ2n) is 2.94. The van der Waals surface area contributed by atoms with E-state index in [1.165, 1.54) is 7.11 Å². The number of ether oxygens (including phenoxy) is 1. The fourth-order valence-electron chi connectivity index (χ4n) is 1.22. The smallest absolute Gasteiger partial charge is 0.265 e. The fraction of sp³-hybridized carbons (Fsp3) is 0.222. The van der Waals surface area contributed by atoms with E-state index in [1.54, 1.807) is 6.07 Å². The lowest BCUT2D eigenvalue weighted by atomic mass is 10.1. The SMILES string of the molecule is COc1cc(S(=O)(=O)Cl)c(C(F)F)cc1C#N. The van der Waals surface area contributed by atoms with Gasteiger partial charge in [-0.25, -0.2) is 17.2 Å². The van der Waals surface area contributed by atoms with Crippen LogP contribution in [0.1, 0.15) is 17.6 Å². The number of rotatable bonds is 3. The minimum Gasteiger partial charge on any atom is -0.495 e. The van der Waals surface area contributed by atoms with Crippen molar-refractivity contribution in [2.75, 3.05) is 7.11 Å². The highest BCUT2D eigenvalue weighted by atomic mass is 35.7. The summed E-state index contributed by atoms with van der Waals surface area (Å²) in [5.41, 5.74) is -1.01. The van der Waals surface area contributed by atoms with Crippen LogP contribution < -0.4 is 4.74 Å². The van der Waals surface area contributed by atoms with E-state index >= 15 is 0 Å². The van der Waals surface area contributed by atoms with Crippen molar-refractivity contribution in [2.24, 2.45) is 0 Å². The summed E-state index contributed by atoms with van der Waals surface area (Å²) in [7, 11) is 1.88. The van der Waals surface area contributed by atoms with Gasteiger partial charge in [-0.1, -0.05) is 0 Å². The van der Waals surface area contributed by atoms with Crippen LogP contribution in [-0.2, 0) is 9.05 Å². The summed E-state index contributed by atoms with van der Waals surface area (Å²) >= 11 is 0. The molecular weight excluding hydrogens is 276 g/mol. The Morgan fingerprint density at radius 3 is 2.41 bits per heavy atom. The van der Waals surface area contributed by atoms with Gasteiger partial charge in [0, 0.05) is 22.3 Å². The fourth-order valence-corrected chi connectivity index (χ4v) is 2.29. The van der Waals surface area contributed by atoms with Crippen LogP contribution in [0.25, 0.3) is 0 Å². The Kier molecular flexibility index (Phi) is 3.91. The van der Waals surface area contributed by atoms with E-state index in [2.05, 4.69) is 0 Å². The Bertz CT molecular complexity index is 581. The molecule has 0 aromatic heterocycles. The third-order valence-corrected chi connectivity index (χ3v) is 3.33. The van der Waals surface area contributed by atoms with Crippen LogP contribution in [-0.4, -0.2) is 15.5 Å². The van der Waals surface area contributed by atoms with E-state index in [-0.39, 0.29) is 11.3 Å². The third-order valence-electron chi connectivity index (χ3n) is 1.95. The first-order chi connectivity index (χ1) is 7.81. The highest BCUT2D eigenvalue weighted by Gasteiger charge is 2.24. The maximum atomic E-state index is 12.6. The third kappa shape index (κ3) is 2.84. The molecule has 0 unspecified atom stereocenters. The van der Waals surface area contributed by atoms with Crippen molar-refractivity contribution in [1.82, 2.24) is 0 Å². The molecule has 0 saturated heterocycles. The molecule has 0 atom stereocenters. The molecule has 0 amide bonds. The topological polar surface area (TPSA) is 67.2 Å². The Morgan fingerprint density at radius 1 is 1.47 bits per heavy atom. The number of nitrogens with zero attached hydrogens (tertiary/aromatic N) is 1. The lowest BCUT2D eigenvalue weighted by Gasteiger charge is -2.09. The summed E-state index contributed by atoms with van der Waals surface area (Å²) in [6.07, 6.45) is -3.06. The molecule has 0 N–H and O–H groups in total. The lowest BCUT2D eigenvalue weighted by molar-refractivity contribution is 0.148. The largest absolute Gasteiger partial charge is 0.495 e. The molecule has 0 aliphatic rings. The van der Waals surface area contributed by atoms with E-state index in [0.717, 1.165) is 12.1 Å². The number of alkyl halides is 2. The van der Waals surface area contributed by atoms with Crippen LogP contribution in [0.2, 0.25) is 0 Å². The lowest BCUT2D eigenvalue weighted by Crippen LogP contribution is -2.01. The van der Waals surface area contributed by atoms with Crippen LogP contribution in [0.3, 0.4) is 0 Å². The molecule has 0 saturated carbocycles. The first-order valence-electron chi connectivity index (χ1n) is 4.16. The molecule has 0 aliphatic carbocycles. The Balaban J connectivity index is 3.65. The van der Waals surface area contributed by atoms with E-state index in [0.29, 0.717) is 0 Å². The van der Waals surface area contributed by atoms with Gasteiger partial charge in [0.05, 0.1) is 17.6 Å². The number of hydrogen-bond donors (Lipinski definition) is 0. The number of hydrogen-bond acceptors (Lipinski definition) is 4. The summed E-state index contributed by atoms with van der Waals surface area (Å²) in [6.45, 7) is 0. The van der Waals surface area contributed by atoms with Gasteiger partial charge in [0.15, 0.2) is 0 Å². The van der Waals surface area contributed by atoms with Crippen molar-refractivity contribution in [3.8, 4) is 11.8 Å². The van der Waals surface area contributed by atoms with Gasteiger partial charge in [-0.3, -0.25) is 0 Å². The molecule has 0 bridgehead atoms. The molecule has 0 spiro atoms. The van der Waals surface area contributed by atoms with Crippen molar-refractivity contribution in [3.05, 3.63) is 23.3 Å².